The number of halogens is 2. The molecule has 0 aliphatic rings. The molecule has 126 valence electrons. The summed E-state index contributed by atoms with van der Waals surface area (Å²) in [5, 5.41) is 0.694. The lowest BCUT2D eigenvalue weighted by atomic mass is 10.2. The highest BCUT2D eigenvalue weighted by molar-refractivity contribution is 9.10. The van der Waals surface area contributed by atoms with Crippen molar-refractivity contribution in [3.63, 3.8) is 0 Å². The van der Waals surface area contributed by atoms with Gasteiger partial charge >= 0.3 is 0 Å². The molecule has 0 aliphatic heterocycles. The number of ether oxygens (including phenoxy) is 1. The predicted octanol–water partition coefficient (Wildman–Crippen LogP) is 6.80. The average molecular weight is 408 g/mol. The molecule has 0 aliphatic carbocycles. The summed E-state index contributed by atoms with van der Waals surface area (Å²) in [5.74, 6) is 0.744. The van der Waals surface area contributed by atoms with E-state index in [1.807, 2.05) is 12.1 Å². The molecule has 0 heterocycles. The van der Waals surface area contributed by atoms with Crippen LogP contribution in [0.3, 0.4) is 0 Å². The second-order valence-corrected chi connectivity index (χ2v) is 13.4. The van der Waals surface area contributed by atoms with Crippen LogP contribution in [0, 0.1) is 0 Å². The quantitative estimate of drug-likeness (QED) is 0.462. The molecule has 2 nitrogen and oxygen atoms in total. The zero-order chi connectivity index (χ0) is 17.1. The van der Waals surface area contributed by atoms with Gasteiger partial charge in [-0.1, -0.05) is 53.1 Å². The topological polar surface area (TPSA) is 18.5 Å². The number of hydrogen-bond donors (Lipinski definition) is 0. The largest absolute Gasteiger partial charge is 0.496 e. The fourth-order valence-electron chi connectivity index (χ4n) is 3.54. The van der Waals surface area contributed by atoms with E-state index < -0.39 is 8.32 Å². The molecular weight excluding hydrogens is 380 g/mol. The second-order valence-electron chi connectivity index (χ2n) is 6.68. The van der Waals surface area contributed by atoms with Crippen molar-refractivity contribution >= 4 is 35.8 Å². The van der Waals surface area contributed by atoms with Gasteiger partial charge in [-0.3, -0.25) is 0 Å². The van der Waals surface area contributed by atoms with Crippen molar-refractivity contribution in [1.82, 2.24) is 0 Å². The first-order chi connectivity index (χ1) is 10.2. The SMILES string of the molecule is COc1cc(Cl)c(CO[Si](C(C)C)(C(C)C)C(C)C)cc1Br. The highest BCUT2D eigenvalue weighted by Crippen LogP contribution is 2.43. The molecule has 0 spiro atoms. The van der Waals surface area contributed by atoms with Gasteiger partial charge in [-0.15, -0.1) is 0 Å². The van der Waals surface area contributed by atoms with Crippen molar-refractivity contribution in [2.45, 2.75) is 64.8 Å². The van der Waals surface area contributed by atoms with Crippen molar-refractivity contribution < 1.29 is 9.16 Å². The molecule has 1 aromatic rings. The van der Waals surface area contributed by atoms with Crippen LogP contribution in [-0.2, 0) is 11.0 Å². The Morgan fingerprint density at radius 3 is 1.95 bits per heavy atom. The highest BCUT2D eigenvalue weighted by Gasteiger charge is 2.45. The smallest absolute Gasteiger partial charge is 0.200 e. The summed E-state index contributed by atoms with van der Waals surface area (Å²) in [7, 11) is -0.238. The number of methoxy groups -OCH3 is 1. The lowest BCUT2D eigenvalue weighted by Gasteiger charge is -2.42. The fourth-order valence-corrected chi connectivity index (χ4v) is 9.71. The van der Waals surface area contributed by atoms with Gasteiger partial charge in [0.15, 0.2) is 0 Å². The third-order valence-corrected chi connectivity index (χ3v) is 11.5. The van der Waals surface area contributed by atoms with Crippen LogP contribution >= 0.6 is 27.5 Å². The Balaban J connectivity index is 3.06. The van der Waals surface area contributed by atoms with E-state index in [2.05, 4.69) is 57.5 Å². The van der Waals surface area contributed by atoms with Gasteiger partial charge in [0, 0.05) is 11.1 Å². The molecule has 0 radical (unpaired) electrons. The third-order valence-electron chi connectivity index (χ3n) is 4.51. The summed E-state index contributed by atoms with van der Waals surface area (Å²) in [6, 6.07) is 3.84. The average Bonchev–Trinajstić information content (AvgIpc) is 2.41. The van der Waals surface area contributed by atoms with Gasteiger partial charge in [0.05, 0.1) is 18.2 Å². The summed E-state index contributed by atoms with van der Waals surface area (Å²) < 4.78 is 12.8. The molecule has 1 aromatic carbocycles. The summed E-state index contributed by atoms with van der Waals surface area (Å²) in [6.07, 6.45) is 0. The van der Waals surface area contributed by atoms with E-state index in [1.165, 1.54) is 0 Å². The van der Waals surface area contributed by atoms with E-state index in [0.717, 1.165) is 15.8 Å². The Hall–Kier alpha value is -0.0331. The molecule has 0 fully saturated rings. The molecule has 0 unspecified atom stereocenters. The van der Waals surface area contributed by atoms with Crippen LogP contribution in [0.1, 0.15) is 47.1 Å². The molecule has 5 heteroatoms. The van der Waals surface area contributed by atoms with Crippen LogP contribution in [0.25, 0.3) is 0 Å². The number of rotatable bonds is 7. The lowest BCUT2D eigenvalue weighted by Crippen LogP contribution is -2.47. The van der Waals surface area contributed by atoms with Gasteiger partial charge in [-0.2, -0.15) is 0 Å². The third kappa shape index (κ3) is 4.08. The first kappa shape index (κ1) is 20.0. The van der Waals surface area contributed by atoms with Crippen LogP contribution in [-0.4, -0.2) is 15.4 Å². The molecule has 0 atom stereocenters. The van der Waals surface area contributed by atoms with Gasteiger partial charge in [-0.25, -0.2) is 0 Å². The first-order valence-electron chi connectivity index (χ1n) is 7.82. The Morgan fingerprint density at radius 2 is 1.55 bits per heavy atom. The van der Waals surface area contributed by atoms with Gasteiger partial charge in [0.2, 0.25) is 8.32 Å². The van der Waals surface area contributed by atoms with Crippen molar-refractivity contribution in [1.29, 1.82) is 0 Å². The Labute approximate surface area is 149 Å². The summed E-state index contributed by atoms with van der Waals surface area (Å²) >= 11 is 9.90. The van der Waals surface area contributed by atoms with Crippen LogP contribution in [0.2, 0.25) is 21.6 Å². The fraction of sp³-hybridized carbons (Fsp3) is 0.647. The van der Waals surface area contributed by atoms with Gasteiger partial charge in [0.1, 0.15) is 5.75 Å². The normalized spacial score (nSPS) is 12.5. The molecule has 1 rings (SSSR count). The molecule has 0 amide bonds. The van der Waals surface area contributed by atoms with E-state index in [4.69, 9.17) is 20.8 Å². The van der Waals surface area contributed by atoms with E-state index in [-0.39, 0.29) is 0 Å². The summed E-state index contributed by atoms with van der Waals surface area (Å²) in [6.45, 7) is 14.3. The van der Waals surface area contributed by atoms with Crippen LogP contribution < -0.4 is 4.74 Å². The minimum Gasteiger partial charge on any atom is -0.496 e. The minimum absolute atomic E-state index is 0.558. The maximum absolute atomic E-state index is 6.60. The van der Waals surface area contributed by atoms with Gasteiger partial charge < -0.3 is 9.16 Å². The van der Waals surface area contributed by atoms with E-state index in [9.17, 15) is 0 Å². The number of benzene rings is 1. The molecule has 0 aromatic heterocycles. The zero-order valence-electron chi connectivity index (χ0n) is 14.7. The second kappa shape index (κ2) is 8.18. The predicted molar refractivity (Wildman–Crippen MR) is 102 cm³/mol. The van der Waals surface area contributed by atoms with Crippen molar-refractivity contribution in [2.24, 2.45) is 0 Å². The molecule has 0 saturated heterocycles. The first-order valence-corrected chi connectivity index (χ1v) is 11.1. The molecule has 0 bridgehead atoms. The molecule has 0 N–H and O–H groups in total. The van der Waals surface area contributed by atoms with Gasteiger partial charge in [-0.05, 0) is 44.2 Å². The zero-order valence-corrected chi connectivity index (χ0v) is 18.0. The highest BCUT2D eigenvalue weighted by atomic mass is 79.9. The van der Waals surface area contributed by atoms with Gasteiger partial charge in [0.25, 0.3) is 0 Å². The maximum Gasteiger partial charge on any atom is 0.200 e. The van der Waals surface area contributed by atoms with Crippen molar-refractivity contribution in [3.8, 4) is 5.75 Å². The summed E-state index contributed by atoms with van der Waals surface area (Å²) in [5.41, 5.74) is 2.70. The molecule has 22 heavy (non-hydrogen) atoms. The Morgan fingerprint density at radius 1 is 1.05 bits per heavy atom. The molecular formula is C17H28BrClO2Si. The lowest BCUT2D eigenvalue weighted by molar-refractivity contribution is 0.265. The maximum atomic E-state index is 6.60. The van der Waals surface area contributed by atoms with Crippen LogP contribution in [0.4, 0.5) is 0 Å². The van der Waals surface area contributed by atoms with E-state index in [0.29, 0.717) is 28.3 Å². The Kier molecular flexibility index (Phi) is 7.44. The monoisotopic (exact) mass is 406 g/mol. The van der Waals surface area contributed by atoms with Crippen LogP contribution in [0.5, 0.6) is 5.75 Å². The van der Waals surface area contributed by atoms with E-state index in [1.54, 1.807) is 7.11 Å². The van der Waals surface area contributed by atoms with Crippen LogP contribution in [0.15, 0.2) is 16.6 Å². The van der Waals surface area contributed by atoms with E-state index >= 15 is 0 Å². The number of hydrogen-bond acceptors (Lipinski definition) is 2. The Bertz CT molecular complexity index is 482. The van der Waals surface area contributed by atoms with Crippen molar-refractivity contribution in [3.05, 3.63) is 27.2 Å². The van der Waals surface area contributed by atoms with Crippen molar-refractivity contribution in [2.75, 3.05) is 7.11 Å². The minimum atomic E-state index is -1.88. The summed E-state index contributed by atoms with van der Waals surface area (Å²) in [4.78, 5) is 0. The standard InChI is InChI=1S/C17H28BrClO2Si/c1-11(2)22(12(3)4,13(5)6)21-10-14-8-15(18)17(20-7)9-16(14)19/h8-9,11-13H,10H2,1-7H3. The molecule has 0 saturated carbocycles.